The zero-order valence-corrected chi connectivity index (χ0v) is 11.7. The molecule has 7 nitrogen and oxygen atoms in total. The number of carboxylic acid groups (broad SMARTS) is 1. The van der Waals surface area contributed by atoms with Crippen LogP contribution in [-0.2, 0) is 10.0 Å². The first-order chi connectivity index (χ1) is 9.44. The Bertz CT molecular complexity index is 580. The highest BCUT2D eigenvalue weighted by Crippen LogP contribution is 2.30. The van der Waals surface area contributed by atoms with Crippen LogP contribution in [0.4, 0.5) is 0 Å². The van der Waals surface area contributed by atoms with E-state index in [1.165, 1.54) is 0 Å². The van der Waals surface area contributed by atoms with Gasteiger partial charge in [0.05, 0.1) is 0 Å². The van der Waals surface area contributed by atoms with Crippen molar-refractivity contribution in [2.45, 2.75) is 24.2 Å². The Balaban J connectivity index is 2.01. The molecule has 1 aromatic rings. The first-order valence-electron chi connectivity index (χ1n) is 6.46. The van der Waals surface area contributed by atoms with E-state index in [9.17, 15) is 18.3 Å². The summed E-state index contributed by atoms with van der Waals surface area (Å²) in [5.41, 5.74) is -0.167. The van der Waals surface area contributed by atoms with Gasteiger partial charge in [0, 0.05) is 19.3 Å². The minimum atomic E-state index is -3.72. The molecule has 1 aromatic heterocycles. The van der Waals surface area contributed by atoms with Crippen molar-refractivity contribution in [2.75, 3.05) is 13.2 Å². The van der Waals surface area contributed by atoms with Crippen LogP contribution in [0.2, 0.25) is 0 Å². The van der Waals surface area contributed by atoms with Gasteiger partial charge in [-0.25, -0.2) is 17.9 Å². The van der Waals surface area contributed by atoms with E-state index < -0.39 is 16.0 Å². The fraction of sp³-hybridized carbons (Fsp3) is 0.583. The van der Waals surface area contributed by atoms with Crippen molar-refractivity contribution < 1.29 is 23.4 Å². The second kappa shape index (κ2) is 5.94. The number of aliphatic hydroxyl groups is 1. The number of aliphatic hydroxyl groups excluding tert-OH is 1. The van der Waals surface area contributed by atoms with E-state index in [2.05, 4.69) is 9.71 Å². The van der Waals surface area contributed by atoms with Crippen LogP contribution >= 0.6 is 0 Å². The summed E-state index contributed by atoms with van der Waals surface area (Å²) in [5.74, 6) is -0.936. The average molecular weight is 302 g/mol. The molecule has 2 atom stereocenters. The Morgan fingerprint density at radius 2 is 2.10 bits per heavy atom. The lowest BCUT2D eigenvalue weighted by atomic mass is 9.97. The lowest BCUT2D eigenvalue weighted by molar-refractivity contribution is 0.0691. The summed E-state index contributed by atoms with van der Waals surface area (Å²) in [5, 5.41) is 18.0. The maximum absolute atomic E-state index is 12.0. The molecule has 0 saturated heterocycles. The summed E-state index contributed by atoms with van der Waals surface area (Å²) in [4.78, 5) is 13.0. The molecule has 112 valence electrons. The number of aromatic amines is 1. The monoisotopic (exact) mass is 302 g/mol. The number of nitrogens with one attached hydrogen (secondary N) is 2. The fourth-order valence-electron chi connectivity index (χ4n) is 2.58. The van der Waals surface area contributed by atoms with Crippen molar-refractivity contribution in [1.29, 1.82) is 0 Å². The molecule has 1 aliphatic carbocycles. The minimum Gasteiger partial charge on any atom is -0.477 e. The Hall–Kier alpha value is -1.38. The fourth-order valence-corrected chi connectivity index (χ4v) is 3.66. The number of sulfonamides is 1. The summed E-state index contributed by atoms with van der Waals surface area (Å²) in [7, 11) is -3.72. The SMILES string of the molecule is O=C(O)c1cc(S(=O)(=O)NCC2CCCC2CO)c[nH]1. The number of carbonyl (C=O) groups is 1. The van der Waals surface area contributed by atoms with Crippen LogP contribution < -0.4 is 4.72 Å². The lowest BCUT2D eigenvalue weighted by Crippen LogP contribution is -2.31. The maximum atomic E-state index is 12.0. The van der Waals surface area contributed by atoms with Gasteiger partial charge in [0.15, 0.2) is 0 Å². The maximum Gasteiger partial charge on any atom is 0.352 e. The predicted molar refractivity (Wildman–Crippen MR) is 70.9 cm³/mol. The number of aromatic nitrogens is 1. The van der Waals surface area contributed by atoms with Gasteiger partial charge >= 0.3 is 5.97 Å². The van der Waals surface area contributed by atoms with E-state index in [1.807, 2.05) is 0 Å². The number of aromatic carboxylic acids is 1. The molecule has 2 unspecified atom stereocenters. The third-order valence-corrected chi connectivity index (χ3v) is 5.19. The number of carboxylic acids is 1. The molecule has 0 radical (unpaired) electrons. The standard InChI is InChI=1S/C12H18N2O5S/c15-7-9-3-1-2-8(9)5-14-20(18,19)10-4-11(12(16)17)13-6-10/h4,6,8-9,13-15H,1-3,5,7H2,(H,16,17). The topological polar surface area (TPSA) is 119 Å². The largest absolute Gasteiger partial charge is 0.477 e. The van der Waals surface area contributed by atoms with E-state index in [4.69, 9.17) is 5.11 Å². The molecule has 0 aromatic carbocycles. The third kappa shape index (κ3) is 3.20. The van der Waals surface area contributed by atoms with Crippen molar-refractivity contribution in [3.8, 4) is 0 Å². The molecule has 8 heteroatoms. The minimum absolute atomic E-state index is 0.0692. The Morgan fingerprint density at radius 1 is 1.40 bits per heavy atom. The van der Waals surface area contributed by atoms with Crippen molar-refractivity contribution in [2.24, 2.45) is 11.8 Å². The van der Waals surface area contributed by atoms with Crippen LogP contribution in [0.15, 0.2) is 17.2 Å². The highest BCUT2D eigenvalue weighted by Gasteiger charge is 2.28. The van der Waals surface area contributed by atoms with Gasteiger partial charge in [-0.15, -0.1) is 0 Å². The summed E-state index contributed by atoms with van der Waals surface area (Å²) in [6.45, 7) is 0.334. The predicted octanol–water partition coefficient (Wildman–Crippen LogP) is 0.400. The van der Waals surface area contributed by atoms with Crippen LogP contribution in [-0.4, -0.2) is 42.7 Å². The normalized spacial score (nSPS) is 23.1. The number of rotatable bonds is 6. The van der Waals surface area contributed by atoms with Gasteiger partial charge < -0.3 is 15.2 Å². The molecule has 0 aliphatic heterocycles. The zero-order valence-electron chi connectivity index (χ0n) is 10.9. The van der Waals surface area contributed by atoms with Gasteiger partial charge in [-0.2, -0.15) is 0 Å². The molecule has 0 amide bonds. The van der Waals surface area contributed by atoms with Gasteiger partial charge in [0.25, 0.3) is 0 Å². The molecule has 1 heterocycles. The number of H-pyrrole nitrogens is 1. The molecular formula is C12H18N2O5S. The van der Waals surface area contributed by atoms with Gasteiger partial charge in [-0.05, 0) is 30.7 Å². The lowest BCUT2D eigenvalue weighted by Gasteiger charge is -2.17. The van der Waals surface area contributed by atoms with Crippen molar-refractivity contribution >= 4 is 16.0 Å². The molecule has 0 spiro atoms. The average Bonchev–Trinajstić information content (AvgIpc) is 3.05. The van der Waals surface area contributed by atoms with E-state index in [-0.39, 0.29) is 35.6 Å². The molecule has 20 heavy (non-hydrogen) atoms. The Kier molecular flexibility index (Phi) is 4.46. The Morgan fingerprint density at radius 3 is 2.70 bits per heavy atom. The van der Waals surface area contributed by atoms with Crippen molar-refractivity contribution in [3.63, 3.8) is 0 Å². The first kappa shape index (κ1) is 15.0. The van der Waals surface area contributed by atoms with Crippen LogP contribution in [0.5, 0.6) is 0 Å². The van der Waals surface area contributed by atoms with E-state index in [0.29, 0.717) is 0 Å². The quantitative estimate of drug-likeness (QED) is 0.606. The van der Waals surface area contributed by atoms with E-state index in [1.54, 1.807) is 0 Å². The molecular weight excluding hydrogens is 284 g/mol. The molecule has 1 aliphatic rings. The van der Waals surface area contributed by atoms with Crippen LogP contribution in [0.3, 0.4) is 0 Å². The summed E-state index contributed by atoms with van der Waals surface area (Å²) < 4.78 is 26.5. The molecule has 2 rings (SSSR count). The zero-order chi connectivity index (χ0) is 14.8. The third-order valence-electron chi connectivity index (χ3n) is 3.78. The highest BCUT2D eigenvalue weighted by molar-refractivity contribution is 7.89. The molecule has 1 fully saturated rings. The second-order valence-electron chi connectivity index (χ2n) is 5.04. The van der Waals surface area contributed by atoms with E-state index in [0.717, 1.165) is 31.5 Å². The first-order valence-corrected chi connectivity index (χ1v) is 7.94. The van der Waals surface area contributed by atoms with Gasteiger partial charge in [0.2, 0.25) is 10.0 Å². The summed E-state index contributed by atoms with van der Waals surface area (Å²) in [6, 6.07) is 1.09. The van der Waals surface area contributed by atoms with Gasteiger partial charge in [-0.1, -0.05) is 6.42 Å². The van der Waals surface area contributed by atoms with Crippen LogP contribution in [0, 0.1) is 11.8 Å². The van der Waals surface area contributed by atoms with Gasteiger partial charge in [0.1, 0.15) is 10.6 Å². The summed E-state index contributed by atoms with van der Waals surface area (Å²) in [6.07, 6.45) is 3.95. The van der Waals surface area contributed by atoms with Crippen LogP contribution in [0.1, 0.15) is 29.8 Å². The molecule has 0 bridgehead atoms. The van der Waals surface area contributed by atoms with Crippen LogP contribution in [0.25, 0.3) is 0 Å². The Labute approximate surface area is 117 Å². The summed E-state index contributed by atoms with van der Waals surface area (Å²) >= 11 is 0. The van der Waals surface area contributed by atoms with Crippen molar-refractivity contribution in [1.82, 2.24) is 9.71 Å². The number of hydrogen-bond acceptors (Lipinski definition) is 4. The molecule has 1 saturated carbocycles. The number of hydrogen-bond donors (Lipinski definition) is 4. The smallest absolute Gasteiger partial charge is 0.352 e. The second-order valence-corrected chi connectivity index (χ2v) is 6.81. The van der Waals surface area contributed by atoms with Gasteiger partial charge in [-0.3, -0.25) is 0 Å². The van der Waals surface area contributed by atoms with Crippen molar-refractivity contribution in [3.05, 3.63) is 18.0 Å². The highest BCUT2D eigenvalue weighted by atomic mass is 32.2. The molecule has 4 N–H and O–H groups in total. The van der Waals surface area contributed by atoms with E-state index >= 15 is 0 Å².